The van der Waals surface area contributed by atoms with E-state index in [0.717, 1.165) is 17.7 Å². The minimum absolute atomic E-state index is 0.294. The van der Waals surface area contributed by atoms with Crippen LogP contribution in [0, 0.1) is 11.6 Å². The fourth-order valence-corrected chi connectivity index (χ4v) is 1.79. The summed E-state index contributed by atoms with van der Waals surface area (Å²) in [6.45, 7) is 0. The second-order valence-electron chi connectivity index (χ2n) is 4.38. The van der Waals surface area contributed by atoms with E-state index in [-0.39, 0.29) is 0 Å². The predicted octanol–water partition coefficient (Wildman–Crippen LogP) is 2.47. The van der Waals surface area contributed by atoms with Gasteiger partial charge in [-0.1, -0.05) is 36.4 Å². The van der Waals surface area contributed by atoms with E-state index in [9.17, 15) is 13.6 Å². The van der Waals surface area contributed by atoms with Crippen LogP contribution >= 0.6 is 0 Å². The molecule has 0 radical (unpaired) electrons. The molecule has 1 unspecified atom stereocenters. The molecule has 5 heteroatoms. The first-order valence-electron chi connectivity index (χ1n) is 6.12. The summed E-state index contributed by atoms with van der Waals surface area (Å²) in [6, 6.07) is 11.7. The molecule has 2 aromatic rings. The van der Waals surface area contributed by atoms with E-state index in [1.807, 2.05) is 30.3 Å². The summed E-state index contributed by atoms with van der Waals surface area (Å²) in [6.07, 6.45) is 0.294. The first-order valence-corrected chi connectivity index (χ1v) is 6.12. The molecule has 3 N–H and O–H groups in total. The normalized spacial score (nSPS) is 11.9. The highest BCUT2D eigenvalue weighted by atomic mass is 19.1. The molecular weight excluding hydrogens is 262 g/mol. The van der Waals surface area contributed by atoms with Crippen LogP contribution in [0.4, 0.5) is 14.5 Å². The molecule has 0 aliphatic heterocycles. The SMILES string of the molecule is NC(Cc1ccccc1)C(=O)Nc1c(F)cccc1F. The van der Waals surface area contributed by atoms with Gasteiger partial charge >= 0.3 is 0 Å². The Morgan fingerprint density at radius 2 is 1.65 bits per heavy atom. The average Bonchev–Trinajstić information content (AvgIpc) is 2.44. The van der Waals surface area contributed by atoms with Crippen LogP contribution in [0.15, 0.2) is 48.5 Å². The van der Waals surface area contributed by atoms with E-state index in [4.69, 9.17) is 5.73 Å². The summed E-state index contributed by atoms with van der Waals surface area (Å²) >= 11 is 0. The van der Waals surface area contributed by atoms with Crippen LogP contribution in [-0.4, -0.2) is 11.9 Å². The topological polar surface area (TPSA) is 55.1 Å². The third-order valence-electron chi connectivity index (χ3n) is 2.85. The van der Waals surface area contributed by atoms with E-state index in [2.05, 4.69) is 5.32 Å². The molecule has 0 heterocycles. The van der Waals surface area contributed by atoms with Crippen LogP contribution in [-0.2, 0) is 11.2 Å². The van der Waals surface area contributed by atoms with Crippen molar-refractivity contribution in [3.63, 3.8) is 0 Å². The second kappa shape index (κ2) is 6.25. The van der Waals surface area contributed by atoms with Crippen molar-refractivity contribution < 1.29 is 13.6 Å². The molecule has 0 bridgehead atoms. The van der Waals surface area contributed by atoms with Crippen molar-refractivity contribution >= 4 is 11.6 Å². The van der Waals surface area contributed by atoms with Gasteiger partial charge in [-0.15, -0.1) is 0 Å². The maximum absolute atomic E-state index is 13.4. The smallest absolute Gasteiger partial charge is 0.241 e. The predicted molar refractivity (Wildman–Crippen MR) is 73.1 cm³/mol. The zero-order chi connectivity index (χ0) is 14.5. The summed E-state index contributed by atoms with van der Waals surface area (Å²) in [4.78, 5) is 11.9. The van der Waals surface area contributed by atoms with Crippen LogP contribution in [0.1, 0.15) is 5.56 Å². The maximum Gasteiger partial charge on any atom is 0.241 e. The molecule has 2 rings (SSSR count). The van der Waals surface area contributed by atoms with Gasteiger partial charge in [0.1, 0.15) is 17.3 Å². The van der Waals surface area contributed by atoms with Crippen molar-refractivity contribution in [1.82, 2.24) is 0 Å². The minimum atomic E-state index is -0.878. The van der Waals surface area contributed by atoms with Gasteiger partial charge in [-0.2, -0.15) is 0 Å². The third kappa shape index (κ3) is 3.39. The molecule has 1 amide bonds. The Kier molecular flexibility index (Phi) is 4.42. The number of carbonyl (C=O) groups is 1. The molecule has 0 aliphatic rings. The number of para-hydroxylation sites is 1. The molecular formula is C15H14F2N2O. The maximum atomic E-state index is 13.4. The van der Waals surface area contributed by atoms with Crippen molar-refractivity contribution in [1.29, 1.82) is 0 Å². The number of rotatable bonds is 4. The highest BCUT2D eigenvalue weighted by molar-refractivity contribution is 5.95. The van der Waals surface area contributed by atoms with Gasteiger partial charge in [0.05, 0.1) is 6.04 Å². The first kappa shape index (κ1) is 14.1. The number of halogens is 2. The number of hydrogen-bond donors (Lipinski definition) is 2. The Morgan fingerprint density at radius 1 is 1.05 bits per heavy atom. The summed E-state index contributed by atoms with van der Waals surface area (Å²) in [5.74, 6) is -2.28. The van der Waals surface area contributed by atoms with Crippen LogP contribution < -0.4 is 11.1 Å². The highest BCUT2D eigenvalue weighted by Crippen LogP contribution is 2.18. The van der Waals surface area contributed by atoms with E-state index >= 15 is 0 Å². The van der Waals surface area contributed by atoms with Crippen molar-refractivity contribution in [2.45, 2.75) is 12.5 Å². The molecule has 0 aromatic heterocycles. The van der Waals surface area contributed by atoms with E-state index < -0.39 is 29.3 Å². The lowest BCUT2D eigenvalue weighted by Gasteiger charge is -2.13. The minimum Gasteiger partial charge on any atom is -0.320 e. The van der Waals surface area contributed by atoms with Crippen LogP contribution in [0.25, 0.3) is 0 Å². The molecule has 2 aromatic carbocycles. The largest absolute Gasteiger partial charge is 0.320 e. The van der Waals surface area contributed by atoms with Crippen LogP contribution in [0.3, 0.4) is 0 Å². The summed E-state index contributed by atoms with van der Waals surface area (Å²) < 4.78 is 26.8. The molecule has 0 saturated carbocycles. The van der Waals surface area contributed by atoms with Crippen molar-refractivity contribution in [3.8, 4) is 0 Å². The van der Waals surface area contributed by atoms with Gasteiger partial charge in [-0.3, -0.25) is 4.79 Å². The zero-order valence-electron chi connectivity index (χ0n) is 10.6. The summed E-state index contributed by atoms with van der Waals surface area (Å²) in [5.41, 5.74) is 6.15. The van der Waals surface area contributed by atoms with E-state index in [1.54, 1.807) is 0 Å². The second-order valence-corrected chi connectivity index (χ2v) is 4.38. The lowest BCUT2D eigenvalue weighted by atomic mass is 10.1. The fourth-order valence-electron chi connectivity index (χ4n) is 1.79. The van der Waals surface area contributed by atoms with Crippen LogP contribution in [0.2, 0.25) is 0 Å². The van der Waals surface area contributed by atoms with Gasteiger partial charge in [0.25, 0.3) is 0 Å². The number of nitrogens with one attached hydrogen (secondary N) is 1. The number of nitrogens with two attached hydrogens (primary N) is 1. The van der Waals surface area contributed by atoms with Gasteiger partial charge in [-0.25, -0.2) is 8.78 Å². The van der Waals surface area contributed by atoms with Crippen LogP contribution in [0.5, 0.6) is 0 Å². The summed E-state index contributed by atoms with van der Waals surface area (Å²) in [5, 5.41) is 2.18. The summed E-state index contributed by atoms with van der Waals surface area (Å²) in [7, 11) is 0. The Bertz CT molecular complexity index is 582. The molecule has 20 heavy (non-hydrogen) atoms. The van der Waals surface area contributed by atoms with Gasteiger partial charge in [0.15, 0.2) is 0 Å². The van der Waals surface area contributed by atoms with E-state index in [0.29, 0.717) is 6.42 Å². The molecule has 0 aliphatic carbocycles. The van der Waals surface area contributed by atoms with E-state index in [1.165, 1.54) is 6.07 Å². The molecule has 0 saturated heterocycles. The Hall–Kier alpha value is -2.27. The Balaban J connectivity index is 2.05. The van der Waals surface area contributed by atoms with Gasteiger partial charge in [0, 0.05) is 0 Å². The number of anilines is 1. The first-order chi connectivity index (χ1) is 9.58. The molecule has 0 fully saturated rings. The zero-order valence-corrected chi connectivity index (χ0v) is 10.6. The quantitative estimate of drug-likeness (QED) is 0.901. The number of hydrogen-bond acceptors (Lipinski definition) is 2. The van der Waals surface area contributed by atoms with Gasteiger partial charge < -0.3 is 11.1 Å². The Morgan fingerprint density at radius 3 is 2.25 bits per heavy atom. The molecule has 0 spiro atoms. The molecule has 1 atom stereocenters. The van der Waals surface area contributed by atoms with Crippen molar-refractivity contribution in [2.24, 2.45) is 5.73 Å². The number of carbonyl (C=O) groups excluding carboxylic acids is 1. The van der Waals surface area contributed by atoms with Crippen molar-refractivity contribution in [3.05, 3.63) is 65.7 Å². The standard InChI is InChI=1S/C15H14F2N2O/c16-11-7-4-8-12(17)14(11)19-15(20)13(18)9-10-5-2-1-3-6-10/h1-8,13H,9,18H2,(H,19,20). The molecule has 3 nitrogen and oxygen atoms in total. The third-order valence-corrected chi connectivity index (χ3v) is 2.85. The average molecular weight is 276 g/mol. The molecule has 104 valence electrons. The van der Waals surface area contributed by atoms with Crippen molar-refractivity contribution in [2.75, 3.05) is 5.32 Å². The fraction of sp³-hybridized carbons (Fsp3) is 0.133. The van der Waals surface area contributed by atoms with Gasteiger partial charge in [-0.05, 0) is 24.1 Å². The van der Waals surface area contributed by atoms with Gasteiger partial charge in [0.2, 0.25) is 5.91 Å². The Labute approximate surface area is 115 Å². The number of amides is 1. The number of benzene rings is 2. The highest BCUT2D eigenvalue weighted by Gasteiger charge is 2.17. The monoisotopic (exact) mass is 276 g/mol. The lowest BCUT2D eigenvalue weighted by molar-refractivity contribution is -0.117. The lowest BCUT2D eigenvalue weighted by Crippen LogP contribution is -2.37.